The summed E-state index contributed by atoms with van der Waals surface area (Å²) < 4.78 is 10.2. The van der Waals surface area contributed by atoms with E-state index in [1.165, 1.54) is 12.5 Å². The summed E-state index contributed by atoms with van der Waals surface area (Å²) in [5, 5.41) is 8.29. The van der Waals surface area contributed by atoms with E-state index >= 15 is 0 Å². The van der Waals surface area contributed by atoms with E-state index in [9.17, 15) is 4.79 Å². The zero-order valence-corrected chi connectivity index (χ0v) is 11.9. The molecule has 2 aromatic heterocycles. The van der Waals surface area contributed by atoms with Crippen LogP contribution in [-0.2, 0) is 4.74 Å². The number of carbonyl (C=O) groups excluding carboxylic acids is 1. The second-order valence-electron chi connectivity index (χ2n) is 5.13. The maximum absolute atomic E-state index is 11.8. The smallest absolute Gasteiger partial charge is 0.341 e. The maximum atomic E-state index is 11.8. The number of anilines is 1. The van der Waals surface area contributed by atoms with Crippen LogP contribution in [0.4, 0.5) is 5.82 Å². The second kappa shape index (κ2) is 5.95. The molecule has 0 aromatic carbocycles. The maximum Gasteiger partial charge on any atom is 0.341 e. The van der Waals surface area contributed by atoms with Crippen LogP contribution in [0.25, 0.3) is 0 Å². The molecule has 2 aromatic rings. The number of furan rings is 1. The molecule has 0 saturated carbocycles. The molecular formula is C15H17N3O3. The molecule has 0 radical (unpaired) electrons. The highest BCUT2D eigenvalue weighted by atomic mass is 16.5. The lowest BCUT2D eigenvalue weighted by Gasteiger charge is -2.24. The van der Waals surface area contributed by atoms with Gasteiger partial charge < -0.3 is 14.1 Å². The van der Waals surface area contributed by atoms with Crippen molar-refractivity contribution in [1.82, 2.24) is 10.2 Å². The van der Waals surface area contributed by atoms with E-state index < -0.39 is 0 Å². The molecule has 1 saturated heterocycles. The summed E-state index contributed by atoms with van der Waals surface area (Å²) in [7, 11) is 0. The zero-order chi connectivity index (χ0) is 14.7. The molecule has 3 rings (SSSR count). The normalized spacial score (nSPS) is 18.0. The zero-order valence-electron chi connectivity index (χ0n) is 11.9. The summed E-state index contributed by atoms with van der Waals surface area (Å²) in [5.74, 6) is 0.480. The van der Waals surface area contributed by atoms with Crippen molar-refractivity contribution in [3.05, 3.63) is 42.0 Å². The van der Waals surface area contributed by atoms with Gasteiger partial charge in [0.2, 0.25) is 0 Å². The molecule has 1 atom stereocenters. The number of nitrogens with zero attached hydrogens (tertiary/aromatic N) is 3. The van der Waals surface area contributed by atoms with E-state index in [1.807, 2.05) is 19.1 Å². The fourth-order valence-corrected chi connectivity index (χ4v) is 2.49. The van der Waals surface area contributed by atoms with Crippen LogP contribution < -0.4 is 4.90 Å². The number of aryl methyl sites for hydroxylation is 1. The Hall–Kier alpha value is -2.37. The largest absolute Gasteiger partial charge is 0.472 e. The van der Waals surface area contributed by atoms with Crippen molar-refractivity contribution in [2.75, 3.05) is 18.1 Å². The molecule has 1 aliphatic heterocycles. The first-order valence-corrected chi connectivity index (χ1v) is 7.00. The molecule has 6 nitrogen and oxygen atoms in total. The Bertz CT molecular complexity index is 595. The van der Waals surface area contributed by atoms with Gasteiger partial charge in [-0.25, -0.2) is 4.79 Å². The quantitative estimate of drug-likeness (QED) is 0.803. The van der Waals surface area contributed by atoms with E-state index in [1.54, 1.807) is 6.07 Å². The predicted molar refractivity (Wildman–Crippen MR) is 76.1 cm³/mol. The summed E-state index contributed by atoms with van der Waals surface area (Å²) >= 11 is 0. The monoisotopic (exact) mass is 287 g/mol. The molecule has 1 aliphatic rings. The van der Waals surface area contributed by atoms with Crippen LogP contribution in [0.3, 0.4) is 0 Å². The fraction of sp³-hybridized carbons (Fsp3) is 0.400. The highest BCUT2D eigenvalue weighted by molar-refractivity contribution is 5.88. The Labute approximate surface area is 122 Å². The molecule has 3 heterocycles. The molecule has 0 spiro atoms. The van der Waals surface area contributed by atoms with Crippen molar-refractivity contribution >= 4 is 11.8 Å². The van der Waals surface area contributed by atoms with Crippen LogP contribution in [0, 0.1) is 6.92 Å². The molecule has 0 N–H and O–H groups in total. The fourth-order valence-electron chi connectivity index (χ4n) is 2.49. The molecule has 6 heteroatoms. The van der Waals surface area contributed by atoms with E-state index in [0.717, 1.165) is 30.9 Å². The summed E-state index contributed by atoms with van der Waals surface area (Å²) in [6.07, 6.45) is 4.89. The standard InChI is InChI=1S/C15H17N3O3/c1-11-4-5-14(17-16-11)18-7-2-3-13(18)10-21-15(19)12-6-8-20-9-12/h4-6,8-9,13H,2-3,7,10H2,1H3/t13-/m0/s1. The van der Waals surface area contributed by atoms with E-state index in [4.69, 9.17) is 9.15 Å². The Balaban J connectivity index is 1.62. The first-order valence-electron chi connectivity index (χ1n) is 7.00. The Morgan fingerprint density at radius 2 is 2.33 bits per heavy atom. The molecule has 0 bridgehead atoms. The van der Waals surface area contributed by atoms with Gasteiger partial charge in [0.1, 0.15) is 12.9 Å². The van der Waals surface area contributed by atoms with E-state index in [-0.39, 0.29) is 12.0 Å². The number of carbonyl (C=O) groups is 1. The number of ether oxygens (including phenoxy) is 1. The van der Waals surface area contributed by atoms with Gasteiger partial charge in [-0.15, -0.1) is 5.10 Å². The third-order valence-electron chi connectivity index (χ3n) is 3.62. The van der Waals surface area contributed by atoms with Crippen LogP contribution in [0.1, 0.15) is 28.9 Å². The van der Waals surface area contributed by atoms with Gasteiger partial charge in [-0.05, 0) is 38.0 Å². The predicted octanol–water partition coefficient (Wildman–Crippen LogP) is 2.20. The molecule has 0 unspecified atom stereocenters. The first kappa shape index (κ1) is 13.6. The third kappa shape index (κ3) is 3.04. The molecule has 21 heavy (non-hydrogen) atoms. The molecule has 0 aliphatic carbocycles. The van der Waals surface area contributed by atoms with Gasteiger partial charge in [0.15, 0.2) is 5.82 Å². The number of hydrogen-bond acceptors (Lipinski definition) is 6. The Morgan fingerprint density at radius 1 is 1.43 bits per heavy atom. The van der Waals surface area contributed by atoms with Gasteiger partial charge in [-0.3, -0.25) is 0 Å². The van der Waals surface area contributed by atoms with Gasteiger partial charge in [0.25, 0.3) is 0 Å². The average Bonchev–Trinajstić information content (AvgIpc) is 3.17. The summed E-state index contributed by atoms with van der Waals surface area (Å²) in [4.78, 5) is 14.0. The number of esters is 1. The highest BCUT2D eigenvalue weighted by Crippen LogP contribution is 2.23. The van der Waals surface area contributed by atoms with Crippen molar-refractivity contribution < 1.29 is 13.9 Å². The molecular weight excluding hydrogens is 270 g/mol. The van der Waals surface area contributed by atoms with Crippen molar-refractivity contribution in [1.29, 1.82) is 0 Å². The summed E-state index contributed by atoms with van der Waals surface area (Å²) in [6, 6.07) is 5.64. The third-order valence-corrected chi connectivity index (χ3v) is 3.62. The van der Waals surface area contributed by atoms with Crippen LogP contribution in [0.15, 0.2) is 35.1 Å². The van der Waals surface area contributed by atoms with Crippen LogP contribution >= 0.6 is 0 Å². The lowest BCUT2D eigenvalue weighted by Crippen LogP contribution is -2.34. The van der Waals surface area contributed by atoms with Gasteiger partial charge >= 0.3 is 5.97 Å². The minimum Gasteiger partial charge on any atom is -0.472 e. The van der Waals surface area contributed by atoms with E-state index in [2.05, 4.69) is 15.1 Å². The summed E-state index contributed by atoms with van der Waals surface area (Å²) in [6.45, 7) is 3.16. The molecule has 1 fully saturated rings. The molecule has 0 amide bonds. The average molecular weight is 287 g/mol. The molecule has 110 valence electrons. The van der Waals surface area contributed by atoms with Crippen molar-refractivity contribution in [3.8, 4) is 0 Å². The first-order chi connectivity index (χ1) is 10.2. The second-order valence-corrected chi connectivity index (χ2v) is 5.13. The lowest BCUT2D eigenvalue weighted by atomic mass is 10.2. The topological polar surface area (TPSA) is 68.5 Å². The highest BCUT2D eigenvalue weighted by Gasteiger charge is 2.27. The van der Waals surface area contributed by atoms with E-state index in [0.29, 0.717) is 12.2 Å². The van der Waals surface area contributed by atoms with Crippen LogP contribution in [0.5, 0.6) is 0 Å². The minimum atomic E-state index is -0.356. The Kier molecular flexibility index (Phi) is 3.85. The van der Waals surface area contributed by atoms with Crippen molar-refractivity contribution in [2.24, 2.45) is 0 Å². The van der Waals surface area contributed by atoms with Gasteiger partial charge in [-0.1, -0.05) is 0 Å². The van der Waals surface area contributed by atoms with Crippen molar-refractivity contribution in [2.45, 2.75) is 25.8 Å². The summed E-state index contributed by atoms with van der Waals surface area (Å²) in [5.41, 5.74) is 1.33. The number of hydrogen-bond donors (Lipinski definition) is 0. The Morgan fingerprint density at radius 3 is 3.05 bits per heavy atom. The van der Waals surface area contributed by atoms with Gasteiger partial charge in [0.05, 0.1) is 23.6 Å². The number of aromatic nitrogens is 2. The van der Waals surface area contributed by atoms with Crippen molar-refractivity contribution in [3.63, 3.8) is 0 Å². The minimum absolute atomic E-state index is 0.151. The lowest BCUT2D eigenvalue weighted by molar-refractivity contribution is 0.0482. The van der Waals surface area contributed by atoms with Gasteiger partial charge in [-0.2, -0.15) is 5.10 Å². The SMILES string of the molecule is Cc1ccc(N2CCC[C@H]2COC(=O)c2ccoc2)nn1. The van der Waals surface area contributed by atoms with Crippen LogP contribution in [0.2, 0.25) is 0 Å². The van der Waals surface area contributed by atoms with Gasteiger partial charge in [0, 0.05) is 6.54 Å². The van der Waals surface area contributed by atoms with Crippen LogP contribution in [-0.4, -0.2) is 35.4 Å². The number of rotatable bonds is 4.